The van der Waals surface area contributed by atoms with Crippen molar-refractivity contribution in [3.8, 4) is 0 Å². The molecule has 0 atom stereocenters. The van der Waals surface area contributed by atoms with Crippen LogP contribution >= 0.6 is 11.3 Å². The van der Waals surface area contributed by atoms with Crippen molar-refractivity contribution in [2.24, 2.45) is 0 Å². The Hall–Kier alpha value is -1.95. The highest BCUT2D eigenvalue weighted by molar-refractivity contribution is 7.09. The maximum atomic E-state index is 11.9. The van der Waals surface area contributed by atoms with Crippen LogP contribution in [0.1, 0.15) is 22.4 Å². The van der Waals surface area contributed by atoms with E-state index in [1.807, 2.05) is 24.4 Å². The fraction of sp³-hybridized carbons (Fsp3) is 0.250. The van der Waals surface area contributed by atoms with E-state index in [4.69, 9.17) is 0 Å². The number of carbonyl (C=O) groups is 1. The molecule has 1 amide bonds. The Labute approximate surface area is 109 Å². The number of hydrogen-bond donors (Lipinski definition) is 2. The summed E-state index contributed by atoms with van der Waals surface area (Å²) in [6.45, 7) is 3.19. The van der Waals surface area contributed by atoms with Gasteiger partial charge in [-0.3, -0.25) is 4.79 Å². The maximum Gasteiger partial charge on any atom is 0.270 e. The topological polar surface area (TPSA) is 66.9 Å². The molecular formula is C12H14N4OS. The molecule has 6 heteroatoms. The van der Waals surface area contributed by atoms with Crippen molar-refractivity contribution in [1.29, 1.82) is 0 Å². The molecule has 0 fully saturated rings. The number of rotatable bonds is 5. The molecule has 94 valence electrons. The van der Waals surface area contributed by atoms with Gasteiger partial charge in [0.2, 0.25) is 0 Å². The van der Waals surface area contributed by atoms with E-state index in [-0.39, 0.29) is 5.91 Å². The van der Waals surface area contributed by atoms with E-state index >= 15 is 0 Å². The van der Waals surface area contributed by atoms with Gasteiger partial charge < -0.3 is 10.6 Å². The van der Waals surface area contributed by atoms with Crippen molar-refractivity contribution in [3.05, 3.63) is 40.5 Å². The Morgan fingerprint density at radius 3 is 3.06 bits per heavy atom. The summed E-state index contributed by atoms with van der Waals surface area (Å²) >= 11 is 1.51. The highest BCUT2D eigenvalue weighted by Gasteiger charge is 2.08. The first-order valence-corrected chi connectivity index (χ1v) is 6.55. The molecule has 0 saturated heterocycles. The third-order valence-corrected chi connectivity index (χ3v) is 3.00. The Morgan fingerprint density at radius 2 is 2.33 bits per heavy atom. The molecule has 0 radical (unpaired) electrons. The van der Waals surface area contributed by atoms with Crippen LogP contribution in [0.25, 0.3) is 0 Å². The zero-order valence-corrected chi connectivity index (χ0v) is 10.8. The normalized spacial score (nSPS) is 10.1. The molecule has 2 aromatic rings. The van der Waals surface area contributed by atoms with Gasteiger partial charge in [0, 0.05) is 18.1 Å². The molecule has 0 unspecified atom stereocenters. The second-order valence-corrected chi connectivity index (χ2v) is 4.53. The molecule has 5 nitrogen and oxygen atoms in total. The molecule has 2 rings (SSSR count). The lowest BCUT2D eigenvalue weighted by Crippen LogP contribution is -2.24. The van der Waals surface area contributed by atoms with Crippen LogP contribution in [-0.4, -0.2) is 22.4 Å². The summed E-state index contributed by atoms with van der Waals surface area (Å²) in [5.41, 5.74) is 0.407. The zero-order valence-electron chi connectivity index (χ0n) is 10.0. The van der Waals surface area contributed by atoms with Crippen LogP contribution in [0.4, 0.5) is 5.82 Å². The monoisotopic (exact) mass is 262 g/mol. The van der Waals surface area contributed by atoms with Gasteiger partial charge >= 0.3 is 0 Å². The lowest BCUT2D eigenvalue weighted by Gasteiger charge is -2.05. The van der Waals surface area contributed by atoms with Crippen LogP contribution in [0.5, 0.6) is 0 Å². The fourth-order valence-corrected chi connectivity index (χ4v) is 1.98. The zero-order chi connectivity index (χ0) is 12.8. The Kier molecular flexibility index (Phi) is 4.25. The number of amides is 1. The van der Waals surface area contributed by atoms with Gasteiger partial charge in [-0.05, 0) is 19.1 Å². The Bertz CT molecular complexity index is 513. The van der Waals surface area contributed by atoms with Gasteiger partial charge in [-0.1, -0.05) is 6.07 Å². The number of carbonyl (C=O) groups excluding carboxylic acids is 1. The SMILES string of the molecule is CCNc1cccc(C(=O)NCc2nccs2)n1. The second-order valence-electron chi connectivity index (χ2n) is 3.55. The average Bonchev–Trinajstić information content (AvgIpc) is 2.90. The van der Waals surface area contributed by atoms with E-state index < -0.39 is 0 Å². The second kappa shape index (κ2) is 6.11. The van der Waals surface area contributed by atoms with E-state index in [1.165, 1.54) is 11.3 Å². The summed E-state index contributed by atoms with van der Waals surface area (Å²) in [6.07, 6.45) is 1.72. The van der Waals surface area contributed by atoms with Gasteiger partial charge in [-0.2, -0.15) is 0 Å². The summed E-state index contributed by atoms with van der Waals surface area (Å²) in [5, 5.41) is 8.62. The quantitative estimate of drug-likeness (QED) is 0.863. The lowest BCUT2D eigenvalue weighted by molar-refractivity contribution is 0.0946. The van der Waals surface area contributed by atoms with E-state index in [1.54, 1.807) is 12.3 Å². The fourth-order valence-electron chi connectivity index (χ4n) is 1.43. The third kappa shape index (κ3) is 3.27. The van der Waals surface area contributed by atoms with Gasteiger partial charge in [0.05, 0.1) is 6.54 Å². The molecule has 18 heavy (non-hydrogen) atoms. The molecule has 0 aromatic carbocycles. The summed E-state index contributed by atoms with van der Waals surface area (Å²) in [4.78, 5) is 20.2. The first-order valence-electron chi connectivity index (χ1n) is 5.67. The van der Waals surface area contributed by atoms with Crippen molar-refractivity contribution in [2.75, 3.05) is 11.9 Å². The number of hydrogen-bond acceptors (Lipinski definition) is 5. The highest BCUT2D eigenvalue weighted by Crippen LogP contribution is 2.06. The van der Waals surface area contributed by atoms with Crippen molar-refractivity contribution in [2.45, 2.75) is 13.5 Å². The largest absolute Gasteiger partial charge is 0.370 e. The summed E-state index contributed by atoms with van der Waals surface area (Å²) in [5.74, 6) is 0.518. The molecule has 2 aromatic heterocycles. The van der Waals surface area contributed by atoms with E-state index in [9.17, 15) is 4.79 Å². The summed E-state index contributed by atoms with van der Waals surface area (Å²) in [7, 11) is 0. The Morgan fingerprint density at radius 1 is 1.44 bits per heavy atom. The van der Waals surface area contributed by atoms with Crippen LogP contribution in [0.2, 0.25) is 0 Å². The third-order valence-electron chi connectivity index (χ3n) is 2.22. The van der Waals surface area contributed by atoms with E-state index in [2.05, 4.69) is 20.6 Å². The van der Waals surface area contributed by atoms with E-state index in [0.717, 1.165) is 11.6 Å². The number of nitrogens with one attached hydrogen (secondary N) is 2. The predicted octanol–water partition coefficient (Wildman–Crippen LogP) is 1.90. The minimum absolute atomic E-state index is 0.190. The van der Waals surface area contributed by atoms with Crippen LogP contribution < -0.4 is 10.6 Å². The van der Waals surface area contributed by atoms with Crippen molar-refractivity contribution in [3.63, 3.8) is 0 Å². The van der Waals surface area contributed by atoms with Gasteiger partial charge in [0.15, 0.2) is 0 Å². The molecule has 0 aliphatic heterocycles. The van der Waals surface area contributed by atoms with Crippen LogP contribution in [0.3, 0.4) is 0 Å². The van der Waals surface area contributed by atoms with Crippen molar-refractivity contribution in [1.82, 2.24) is 15.3 Å². The average molecular weight is 262 g/mol. The Balaban J connectivity index is 1.97. The van der Waals surface area contributed by atoms with E-state index in [0.29, 0.717) is 18.1 Å². The molecule has 0 aliphatic carbocycles. The number of nitrogens with zero attached hydrogens (tertiary/aromatic N) is 2. The summed E-state index contributed by atoms with van der Waals surface area (Å²) < 4.78 is 0. The van der Waals surface area contributed by atoms with Gasteiger partial charge in [-0.25, -0.2) is 9.97 Å². The maximum absolute atomic E-state index is 11.9. The summed E-state index contributed by atoms with van der Waals surface area (Å²) in [6, 6.07) is 5.34. The number of pyridine rings is 1. The first-order chi connectivity index (χ1) is 8.79. The van der Waals surface area contributed by atoms with Crippen LogP contribution in [-0.2, 0) is 6.54 Å². The van der Waals surface area contributed by atoms with Gasteiger partial charge in [-0.15, -0.1) is 11.3 Å². The number of aromatic nitrogens is 2. The number of anilines is 1. The minimum Gasteiger partial charge on any atom is -0.370 e. The molecule has 0 saturated carbocycles. The highest BCUT2D eigenvalue weighted by atomic mass is 32.1. The van der Waals surface area contributed by atoms with Crippen molar-refractivity contribution < 1.29 is 4.79 Å². The molecular weight excluding hydrogens is 248 g/mol. The van der Waals surface area contributed by atoms with Crippen molar-refractivity contribution >= 4 is 23.1 Å². The standard InChI is InChI=1S/C12H14N4OS/c1-2-13-10-5-3-4-9(16-10)12(17)15-8-11-14-6-7-18-11/h3-7H,2,8H2,1H3,(H,13,16)(H,15,17). The van der Waals surface area contributed by atoms with Gasteiger partial charge in [0.1, 0.15) is 16.5 Å². The smallest absolute Gasteiger partial charge is 0.270 e. The predicted molar refractivity (Wildman–Crippen MR) is 71.7 cm³/mol. The lowest BCUT2D eigenvalue weighted by atomic mass is 10.3. The molecule has 2 N–H and O–H groups in total. The molecule has 0 spiro atoms. The van der Waals surface area contributed by atoms with Crippen LogP contribution in [0, 0.1) is 0 Å². The first kappa shape index (κ1) is 12.5. The van der Waals surface area contributed by atoms with Gasteiger partial charge in [0.25, 0.3) is 5.91 Å². The molecule has 0 bridgehead atoms. The minimum atomic E-state index is -0.190. The molecule has 0 aliphatic rings. The van der Waals surface area contributed by atoms with Crippen LogP contribution in [0.15, 0.2) is 29.8 Å². The molecule has 2 heterocycles. The number of thiazole rings is 1.